The number of benzene rings is 1. The van der Waals surface area contributed by atoms with E-state index in [1.54, 1.807) is 0 Å². The van der Waals surface area contributed by atoms with Crippen LogP contribution in [0, 0.1) is 5.92 Å². The maximum absolute atomic E-state index is 13.0. The van der Waals surface area contributed by atoms with Crippen molar-refractivity contribution in [2.45, 2.75) is 31.5 Å². The van der Waals surface area contributed by atoms with Crippen LogP contribution < -0.4 is 5.32 Å². The molecule has 2 aliphatic rings. The summed E-state index contributed by atoms with van der Waals surface area (Å²) in [6.07, 6.45) is -1.03. The number of alkyl halides is 3. The second kappa shape index (κ2) is 6.38. The molecule has 1 saturated carbocycles. The highest BCUT2D eigenvalue weighted by Crippen LogP contribution is 2.44. The Morgan fingerprint density at radius 3 is 2.41 bits per heavy atom. The van der Waals surface area contributed by atoms with E-state index in [-0.39, 0.29) is 6.04 Å². The molecule has 0 bridgehead atoms. The van der Waals surface area contributed by atoms with Gasteiger partial charge in [-0.05, 0) is 42.5 Å². The Morgan fingerprint density at radius 2 is 1.86 bits per heavy atom. The molecule has 0 aromatic heterocycles. The molecule has 22 heavy (non-hydrogen) atoms. The van der Waals surface area contributed by atoms with Crippen LogP contribution in [-0.2, 0) is 6.18 Å². The SMILES string of the molecule is FC(F)(F)c1ccc(Cl)c([C@@H](C2CCC2)N2CCNCC2)c1. The number of piperazine rings is 1. The molecule has 1 N–H and O–H groups in total. The first-order valence-corrected chi connectivity index (χ1v) is 8.16. The summed E-state index contributed by atoms with van der Waals surface area (Å²) in [5.41, 5.74) is 0.0365. The van der Waals surface area contributed by atoms with Crippen molar-refractivity contribution in [1.29, 1.82) is 0 Å². The van der Waals surface area contributed by atoms with Crippen molar-refractivity contribution < 1.29 is 13.2 Å². The van der Waals surface area contributed by atoms with E-state index in [2.05, 4.69) is 10.2 Å². The molecule has 0 amide bonds. The molecule has 1 aliphatic carbocycles. The highest BCUT2D eigenvalue weighted by molar-refractivity contribution is 6.31. The normalized spacial score (nSPS) is 22.4. The highest BCUT2D eigenvalue weighted by atomic mass is 35.5. The Bertz CT molecular complexity index is 523. The maximum Gasteiger partial charge on any atom is 0.416 e. The second-order valence-electron chi connectivity index (χ2n) is 6.16. The maximum atomic E-state index is 13.0. The summed E-state index contributed by atoms with van der Waals surface area (Å²) in [7, 11) is 0. The Kier molecular flexibility index (Phi) is 4.67. The van der Waals surface area contributed by atoms with Crippen LogP contribution in [0.1, 0.15) is 36.4 Å². The van der Waals surface area contributed by atoms with Gasteiger partial charge in [0.1, 0.15) is 0 Å². The van der Waals surface area contributed by atoms with E-state index in [0.29, 0.717) is 16.5 Å². The fourth-order valence-corrected chi connectivity index (χ4v) is 3.64. The first kappa shape index (κ1) is 16.1. The molecule has 122 valence electrons. The molecule has 1 atom stereocenters. The van der Waals surface area contributed by atoms with Crippen molar-refractivity contribution in [1.82, 2.24) is 10.2 Å². The van der Waals surface area contributed by atoms with E-state index >= 15 is 0 Å². The lowest BCUT2D eigenvalue weighted by atomic mass is 9.76. The average molecular weight is 333 g/mol. The lowest BCUT2D eigenvalue weighted by molar-refractivity contribution is -0.137. The van der Waals surface area contributed by atoms with Gasteiger partial charge in [-0.1, -0.05) is 18.0 Å². The van der Waals surface area contributed by atoms with Gasteiger partial charge in [0.05, 0.1) is 5.56 Å². The number of rotatable bonds is 3. The zero-order chi connectivity index (χ0) is 15.7. The lowest BCUT2D eigenvalue weighted by Crippen LogP contribution is -2.48. The number of hydrogen-bond donors (Lipinski definition) is 1. The van der Waals surface area contributed by atoms with Gasteiger partial charge in [-0.25, -0.2) is 0 Å². The van der Waals surface area contributed by atoms with Gasteiger partial charge >= 0.3 is 6.18 Å². The summed E-state index contributed by atoms with van der Waals surface area (Å²) in [6.45, 7) is 3.46. The summed E-state index contributed by atoms with van der Waals surface area (Å²) in [4.78, 5) is 2.29. The minimum absolute atomic E-state index is 0.00523. The standard InChI is InChI=1S/C16H20ClF3N2/c17-14-5-4-12(16(18,19)20)10-13(14)15(11-2-1-3-11)22-8-6-21-7-9-22/h4-5,10-11,15,21H,1-3,6-9H2/t15-/m1/s1. The molecule has 2 nitrogen and oxygen atoms in total. The Hall–Kier alpha value is -0.780. The topological polar surface area (TPSA) is 15.3 Å². The summed E-state index contributed by atoms with van der Waals surface area (Å²) in [5, 5.41) is 3.74. The van der Waals surface area contributed by atoms with Crippen LogP contribution in [0.15, 0.2) is 18.2 Å². The molecular formula is C16H20ClF3N2. The number of halogens is 4. The second-order valence-corrected chi connectivity index (χ2v) is 6.56. The molecule has 0 radical (unpaired) electrons. The van der Waals surface area contributed by atoms with Crippen LogP contribution in [0.4, 0.5) is 13.2 Å². The van der Waals surface area contributed by atoms with E-state index in [1.807, 2.05) is 0 Å². The van der Waals surface area contributed by atoms with Gasteiger partial charge in [0.15, 0.2) is 0 Å². The molecule has 1 heterocycles. The monoisotopic (exact) mass is 332 g/mol. The molecule has 3 rings (SSSR count). The summed E-state index contributed by atoms with van der Waals surface area (Å²) >= 11 is 6.28. The molecule has 0 spiro atoms. The van der Waals surface area contributed by atoms with Crippen LogP contribution in [0.5, 0.6) is 0 Å². The largest absolute Gasteiger partial charge is 0.416 e. The number of nitrogens with zero attached hydrogens (tertiary/aromatic N) is 1. The van der Waals surface area contributed by atoms with Crippen molar-refractivity contribution in [3.63, 3.8) is 0 Å². The molecule has 0 unspecified atom stereocenters. The van der Waals surface area contributed by atoms with Crippen molar-refractivity contribution >= 4 is 11.6 Å². The van der Waals surface area contributed by atoms with Crippen molar-refractivity contribution in [2.24, 2.45) is 5.92 Å². The first-order chi connectivity index (χ1) is 10.5. The van der Waals surface area contributed by atoms with Crippen LogP contribution in [0.25, 0.3) is 0 Å². The van der Waals surface area contributed by atoms with Gasteiger partial charge < -0.3 is 5.32 Å². The lowest BCUT2D eigenvalue weighted by Gasteiger charge is -2.43. The van der Waals surface area contributed by atoms with Crippen molar-refractivity contribution in [3.8, 4) is 0 Å². The van der Waals surface area contributed by atoms with E-state index in [1.165, 1.54) is 12.1 Å². The zero-order valence-electron chi connectivity index (χ0n) is 12.3. The summed E-state index contributed by atoms with van der Waals surface area (Å²) in [5.74, 6) is 0.416. The minimum atomic E-state index is -4.33. The summed E-state index contributed by atoms with van der Waals surface area (Å²) in [6, 6.07) is 3.73. The molecule has 1 aromatic carbocycles. The molecule has 2 fully saturated rings. The third kappa shape index (κ3) is 3.26. The first-order valence-electron chi connectivity index (χ1n) is 7.78. The van der Waals surface area contributed by atoms with Crippen LogP contribution in [-0.4, -0.2) is 31.1 Å². The smallest absolute Gasteiger partial charge is 0.314 e. The van der Waals surface area contributed by atoms with Gasteiger partial charge in [-0.2, -0.15) is 13.2 Å². The predicted octanol–water partition coefficient (Wildman–Crippen LogP) is 4.11. The Morgan fingerprint density at radius 1 is 1.18 bits per heavy atom. The Balaban J connectivity index is 1.95. The van der Waals surface area contributed by atoms with E-state index in [4.69, 9.17) is 11.6 Å². The van der Waals surface area contributed by atoms with Crippen LogP contribution >= 0.6 is 11.6 Å². The molecule has 6 heteroatoms. The Labute approximate surface area is 133 Å². The minimum Gasteiger partial charge on any atom is -0.314 e. The van der Waals surface area contributed by atoms with E-state index < -0.39 is 11.7 Å². The van der Waals surface area contributed by atoms with Gasteiger partial charge in [-0.15, -0.1) is 0 Å². The molecule has 1 aromatic rings. The van der Waals surface area contributed by atoms with E-state index in [9.17, 15) is 13.2 Å². The van der Waals surface area contributed by atoms with Gasteiger partial charge in [0, 0.05) is 37.2 Å². The van der Waals surface area contributed by atoms with Crippen LogP contribution in [0.3, 0.4) is 0 Å². The van der Waals surface area contributed by atoms with Crippen molar-refractivity contribution in [3.05, 3.63) is 34.3 Å². The average Bonchev–Trinajstić information content (AvgIpc) is 2.43. The third-order valence-corrected chi connectivity index (χ3v) is 5.13. The van der Waals surface area contributed by atoms with Crippen LogP contribution in [0.2, 0.25) is 5.02 Å². The number of nitrogens with one attached hydrogen (secondary N) is 1. The van der Waals surface area contributed by atoms with E-state index in [0.717, 1.165) is 51.5 Å². The fourth-order valence-electron chi connectivity index (χ4n) is 3.41. The quantitative estimate of drug-likeness (QED) is 0.896. The molecular weight excluding hydrogens is 313 g/mol. The number of hydrogen-bond acceptors (Lipinski definition) is 2. The van der Waals surface area contributed by atoms with Gasteiger partial charge in [0.2, 0.25) is 0 Å². The summed E-state index contributed by atoms with van der Waals surface area (Å²) < 4.78 is 39.1. The molecule has 1 saturated heterocycles. The van der Waals surface area contributed by atoms with Gasteiger partial charge in [0.25, 0.3) is 0 Å². The molecule has 1 aliphatic heterocycles. The third-order valence-electron chi connectivity index (χ3n) is 4.78. The van der Waals surface area contributed by atoms with Crippen molar-refractivity contribution in [2.75, 3.05) is 26.2 Å². The highest BCUT2D eigenvalue weighted by Gasteiger charge is 2.37. The predicted molar refractivity (Wildman–Crippen MR) is 81.0 cm³/mol. The van der Waals surface area contributed by atoms with Gasteiger partial charge in [-0.3, -0.25) is 4.90 Å². The zero-order valence-corrected chi connectivity index (χ0v) is 13.1. The fraction of sp³-hybridized carbons (Fsp3) is 0.625.